The van der Waals surface area contributed by atoms with Gasteiger partial charge in [0.1, 0.15) is 0 Å². The highest BCUT2D eigenvalue weighted by molar-refractivity contribution is 5.79. The van der Waals surface area contributed by atoms with Crippen molar-refractivity contribution in [2.75, 3.05) is 0 Å². The summed E-state index contributed by atoms with van der Waals surface area (Å²) in [7, 11) is 0. The van der Waals surface area contributed by atoms with Crippen molar-refractivity contribution in [1.29, 1.82) is 0 Å². The maximum Gasteiger partial charge on any atom is 0.390 e. The van der Waals surface area contributed by atoms with Gasteiger partial charge in [0, 0.05) is 0 Å². The lowest BCUT2D eigenvalue weighted by Crippen LogP contribution is -2.35. The Kier molecular flexibility index (Phi) is 2.53. The third kappa shape index (κ3) is 3.85. The maximum atomic E-state index is 11.7. The van der Waals surface area contributed by atoms with E-state index in [2.05, 4.69) is 0 Å². The van der Waals surface area contributed by atoms with Crippen LogP contribution in [0.5, 0.6) is 0 Å². The van der Waals surface area contributed by atoms with E-state index in [0.717, 1.165) is 0 Å². The molecule has 0 heterocycles. The van der Waals surface area contributed by atoms with Crippen LogP contribution in [0.4, 0.5) is 13.2 Å². The van der Waals surface area contributed by atoms with Crippen LogP contribution in [0.3, 0.4) is 0 Å². The van der Waals surface area contributed by atoms with Gasteiger partial charge >= 0.3 is 6.18 Å². The zero-order chi connectivity index (χ0) is 9.28. The van der Waals surface area contributed by atoms with Crippen LogP contribution in [0.25, 0.3) is 0 Å². The van der Waals surface area contributed by atoms with Gasteiger partial charge in [0.15, 0.2) is 0 Å². The molecule has 0 aromatic heterocycles. The number of primary amides is 1. The predicted molar refractivity (Wildman–Crippen MR) is 33.6 cm³/mol. The average molecular weight is 169 g/mol. The molecule has 0 bridgehead atoms. The van der Waals surface area contributed by atoms with Crippen LogP contribution in [-0.4, -0.2) is 12.1 Å². The maximum absolute atomic E-state index is 11.7. The van der Waals surface area contributed by atoms with Crippen molar-refractivity contribution in [3.05, 3.63) is 0 Å². The van der Waals surface area contributed by atoms with Crippen LogP contribution >= 0.6 is 0 Å². The molecular formula is C6H10F3NO. The molecule has 2 nitrogen and oxygen atoms in total. The van der Waals surface area contributed by atoms with E-state index in [9.17, 15) is 18.0 Å². The second kappa shape index (κ2) is 2.71. The Bertz CT molecular complexity index is 162. The van der Waals surface area contributed by atoms with Crippen molar-refractivity contribution in [1.82, 2.24) is 0 Å². The monoisotopic (exact) mass is 169 g/mol. The molecular weight excluding hydrogens is 159 g/mol. The molecule has 0 fully saturated rings. The Hall–Kier alpha value is -0.740. The van der Waals surface area contributed by atoms with Gasteiger partial charge in [-0.15, -0.1) is 0 Å². The van der Waals surface area contributed by atoms with Gasteiger partial charge in [0.2, 0.25) is 5.91 Å². The van der Waals surface area contributed by atoms with Gasteiger partial charge in [0.05, 0.1) is 11.8 Å². The molecule has 11 heavy (non-hydrogen) atoms. The molecule has 1 amide bonds. The molecule has 0 aliphatic heterocycles. The summed E-state index contributed by atoms with van der Waals surface area (Å²) in [6.07, 6.45) is -5.51. The van der Waals surface area contributed by atoms with Gasteiger partial charge in [-0.2, -0.15) is 13.2 Å². The van der Waals surface area contributed by atoms with E-state index < -0.39 is 23.9 Å². The second-order valence-electron chi connectivity index (χ2n) is 3.04. The minimum absolute atomic E-state index is 0.935. The van der Waals surface area contributed by atoms with Gasteiger partial charge < -0.3 is 5.73 Å². The number of rotatable bonds is 2. The molecule has 0 aliphatic rings. The predicted octanol–water partition coefficient (Wildman–Crippen LogP) is 1.45. The van der Waals surface area contributed by atoms with E-state index in [1.807, 2.05) is 0 Å². The van der Waals surface area contributed by atoms with Crippen molar-refractivity contribution >= 4 is 5.91 Å². The molecule has 0 saturated carbocycles. The summed E-state index contributed by atoms with van der Waals surface area (Å²) in [4.78, 5) is 10.4. The molecule has 5 heteroatoms. The Balaban J connectivity index is 4.25. The highest BCUT2D eigenvalue weighted by atomic mass is 19.4. The van der Waals surface area contributed by atoms with Crippen molar-refractivity contribution < 1.29 is 18.0 Å². The van der Waals surface area contributed by atoms with E-state index >= 15 is 0 Å². The number of hydrogen-bond acceptors (Lipinski definition) is 1. The molecule has 66 valence electrons. The first-order chi connectivity index (χ1) is 4.65. The zero-order valence-electron chi connectivity index (χ0n) is 6.33. The molecule has 2 N–H and O–H groups in total. The zero-order valence-corrected chi connectivity index (χ0v) is 6.33. The van der Waals surface area contributed by atoms with Gasteiger partial charge in [-0.05, 0) is 0 Å². The largest absolute Gasteiger partial charge is 0.390 e. The highest BCUT2D eigenvalue weighted by Gasteiger charge is 2.39. The number of amides is 1. The lowest BCUT2D eigenvalue weighted by molar-refractivity contribution is -0.163. The van der Waals surface area contributed by atoms with Crippen LogP contribution in [0.1, 0.15) is 20.3 Å². The quantitative estimate of drug-likeness (QED) is 0.667. The van der Waals surface area contributed by atoms with Crippen LogP contribution < -0.4 is 5.73 Å². The lowest BCUT2D eigenvalue weighted by Gasteiger charge is -2.21. The number of hydrogen-bond donors (Lipinski definition) is 1. The molecule has 0 aliphatic carbocycles. The number of nitrogens with two attached hydrogens (primary N) is 1. The molecule has 0 saturated heterocycles. The molecule has 0 aromatic rings. The topological polar surface area (TPSA) is 43.1 Å². The summed E-state index contributed by atoms with van der Waals surface area (Å²) in [6.45, 7) is 2.34. The first kappa shape index (κ1) is 10.3. The third-order valence-corrected chi connectivity index (χ3v) is 1.31. The molecule has 0 rings (SSSR count). The number of carbonyl (C=O) groups is 1. The fourth-order valence-corrected chi connectivity index (χ4v) is 0.588. The Morgan fingerprint density at radius 2 is 1.73 bits per heavy atom. The first-order valence-corrected chi connectivity index (χ1v) is 3.02. The van der Waals surface area contributed by atoms with E-state index in [-0.39, 0.29) is 0 Å². The standard InChI is InChI=1S/C6H10F3NO/c1-5(2,4(10)11)3-6(7,8)9/h3H2,1-2H3,(H2,10,11). The number of alkyl halides is 3. The molecule has 0 aromatic carbocycles. The van der Waals surface area contributed by atoms with E-state index in [1.54, 1.807) is 0 Å². The van der Waals surface area contributed by atoms with Crippen molar-refractivity contribution in [3.8, 4) is 0 Å². The highest BCUT2D eigenvalue weighted by Crippen LogP contribution is 2.32. The Labute approximate surface area is 62.6 Å². The number of halogens is 3. The van der Waals surface area contributed by atoms with E-state index in [4.69, 9.17) is 5.73 Å². The second-order valence-corrected chi connectivity index (χ2v) is 3.04. The minimum atomic E-state index is -4.33. The normalized spacial score (nSPS) is 13.2. The summed E-state index contributed by atoms with van der Waals surface area (Å²) in [5.74, 6) is -0.935. The van der Waals surface area contributed by atoms with Crippen LogP contribution in [0, 0.1) is 5.41 Å². The average Bonchev–Trinajstić information content (AvgIpc) is 1.56. The van der Waals surface area contributed by atoms with Gasteiger partial charge in [-0.25, -0.2) is 0 Å². The van der Waals surface area contributed by atoms with Gasteiger partial charge in [-0.3, -0.25) is 4.79 Å². The first-order valence-electron chi connectivity index (χ1n) is 3.02. The smallest absolute Gasteiger partial charge is 0.369 e. The Morgan fingerprint density at radius 3 is 1.82 bits per heavy atom. The number of carbonyl (C=O) groups excluding carboxylic acids is 1. The van der Waals surface area contributed by atoms with Crippen molar-refractivity contribution in [2.45, 2.75) is 26.4 Å². The minimum Gasteiger partial charge on any atom is -0.369 e. The summed E-state index contributed by atoms with van der Waals surface area (Å²) in [5, 5.41) is 0. The fourth-order valence-electron chi connectivity index (χ4n) is 0.588. The van der Waals surface area contributed by atoms with Crippen molar-refractivity contribution in [2.24, 2.45) is 11.1 Å². The fraction of sp³-hybridized carbons (Fsp3) is 0.833. The molecule has 0 spiro atoms. The lowest BCUT2D eigenvalue weighted by atomic mass is 9.88. The van der Waals surface area contributed by atoms with Crippen molar-refractivity contribution in [3.63, 3.8) is 0 Å². The summed E-state index contributed by atoms with van der Waals surface area (Å²) in [5.41, 5.74) is 3.24. The molecule has 0 radical (unpaired) electrons. The third-order valence-electron chi connectivity index (χ3n) is 1.31. The van der Waals surface area contributed by atoms with Gasteiger partial charge in [-0.1, -0.05) is 13.8 Å². The van der Waals surface area contributed by atoms with Crippen LogP contribution in [0.2, 0.25) is 0 Å². The molecule has 0 unspecified atom stereocenters. The molecule has 0 atom stereocenters. The van der Waals surface area contributed by atoms with Gasteiger partial charge in [0.25, 0.3) is 0 Å². The van der Waals surface area contributed by atoms with Crippen LogP contribution in [-0.2, 0) is 4.79 Å². The SMILES string of the molecule is CC(C)(CC(F)(F)F)C(N)=O. The Morgan fingerprint density at radius 1 is 1.36 bits per heavy atom. The summed E-state index contributed by atoms with van der Waals surface area (Å²) >= 11 is 0. The van der Waals surface area contributed by atoms with E-state index in [0.29, 0.717) is 0 Å². The van der Waals surface area contributed by atoms with Crippen LogP contribution in [0.15, 0.2) is 0 Å². The summed E-state index contributed by atoms with van der Waals surface area (Å²) in [6, 6.07) is 0. The van der Waals surface area contributed by atoms with E-state index in [1.165, 1.54) is 13.8 Å². The summed E-state index contributed by atoms with van der Waals surface area (Å²) < 4.78 is 35.1.